The van der Waals surface area contributed by atoms with Crippen LogP contribution in [0.25, 0.3) is 0 Å². The average Bonchev–Trinajstić information content (AvgIpc) is 1.98. The second-order valence-electron chi connectivity index (χ2n) is 6.46. The largest absolute Gasteiger partial charge is 0.315 e. The minimum absolute atomic E-state index is 0.456. The highest BCUT2D eigenvalue weighted by atomic mass is 15.2. The van der Waals surface area contributed by atoms with E-state index in [9.17, 15) is 0 Å². The highest BCUT2D eigenvalue weighted by molar-refractivity contribution is 4.97. The van der Waals surface area contributed by atoms with Gasteiger partial charge in [0.1, 0.15) is 0 Å². The van der Waals surface area contributed by atoms with Gasteiger partial charge < -0.3 is 10.2 Å². The van der Waals surface area contributed by atoms with Gasteiger partial charge in [-0.15, -0.1) is 0 Å². The fraction of sp³-hybridized carbons (Fsp3) is 1.00. The third-order valence-corrected chi connectivity index (χ3v) is 3.74. The third kappa shape index (κ3) is 3.76. The highest BCUT2D eigenvalue weighted by Gasteiger charge is 2.38. The van der Waals surface area contributed by atoms with Gasteiger partial charge in [-0.1, -0.05) is 20.8 Å². The van der Waals surface area contributed by atoms with Crippen LogP contribution in [-0.4, -0.2) is 37.6 Å². The Morgan fingerprint density at radius 2 is 1.80 bits per heavy atom. The predicted octanol–water partition coefficient (Wildman–Crippen LogP) is 2.50. The molecule has 0 aromatic carbocycles. The molecule has 0 aliphatic heterocycles. The van der Waals surface area contributed by atoms with Crippen molar-refractivity contribution in [3.63, 3.8) is 0 Å². The lowest BCUT2D eigenvalue weighted by Crippen LogP contribution is -2.56. The maximum atomic E-state index is 3.62. The standard InChI is InChI=1S/C13H28N2/c1-12(2,3)9-10-14-11-13(15(4)5)7-6-8-13/h14H,6-11H2,1-5H3. The second kappa shape index (κ2) is 4.84. The van der Waals surface area contributed by atoms with Crippen LogP contribution in [-0.2, 0) is 0 Å². The summed E-state index contributed by atoms with van der Waals surface area (Å²) in [6, 6.07) is 0. The molecule has 1 fully saturated rings. The van der Waals surface area contributed by atoms with Crippen molar-refractivity contribution in [3.8, 4) is 0 Å². The van der Waals surface area contributed by atoms with E-state index in [1.165, 1.54) is 25.7 Å². The lowest BCUT2D eigenvalue weighted by atomic mass is 9.75. The number of nitrogens with zero attached hydrogens (tertiary/aromatic N) is 1. The van der Waals surface area contributed by atoms with Gasteiger partial charge in [0.15, 0.2) is 0 Å². The average molecular weight is 212 g/mol. The van der Waals surface area contributed by atoms with E-state index in [1.807, 2.05) is 0 Å². The first kappa shape index (κ1) is 13.0. The fourth-order valence-electron chi connectivity index (χ4n) is 2.15. The van der Waals surface area contributed by atoms with E-state index < -0.39 is 0 Å². The van der Waals surface area contributed by atoms with Gasteiger partial charge in [0.25, 0.3) is 0 Å². The first-order valence-electron chi connectivity index (χ1n) is 6.24. The Morgan fingerprint density at radius 3 is 2.13 bits per heavy atom. The minimum atomic E-state index is 0.456. The Labute approximate surface area is 95.4 Å². The normalized spacial score (nSPS) is 20.4. The quantitative estimate of drug-likeness (QED) is 0.704. The van der Waals surface area contributed by atoms with Gasteiger partial charge in [-0.05, 0) is 51.7 Å². The van der Waals surface area contributed by atoms with E-state index in [0.29, 0.717) is 11.0 Å². The van der Waals surface area contributed by atoms with Crippen LogP contribution in [0.4, 0.5) is 0 Å². The minimum Gasteiger partial charge on any atom is -0.315 e. The molecule has 2 nitrogen and oxygen atoms in total. The molecule has 0 atom stereocenters. The third-order valence-electron chi connectivity index (χ3n) is 3.74. The molecule has 0 aromatic rings. The highest BCUT2D eigenvalue weighted by Crippen LogP contribution is 2.35. The molecule has 2 heteroatoms. The van der Waals surface area contributed by atoms with Gasteiger partial charge in [0.05, 0.1) is 0 Å². The summed E-state index contributed by atoms with van der Waals surface area (Å²) in [5, 5.41) is 3.62. The molecular weight excluding hydrogens is 184 g/mol. The van der Waals surface area contributed by atoms with Crippen LogP contribution in [0.2, 0.25) is 0 Å². The van der Waals surface area contributed by atoms with Crippen molar-refractivity contribution in [2.24, 2.45) is 5.41 Å². The molecule has 0 radical (unpaired) electrons. The number of nitrogens with one attached hydrogen (secondary N) is 1. The van der Waals surface area contributed by atoms with Gasteiger partial charge in [-0.3, -0.25) is 0 Å². The van der Waals surface area contributed by atoms with Crippen LogP contribution >= 0.6 is 0 Å². The summed E-state index contributed by atoms with van der Waals surface area (Å²) in [5.74, 6) is 0. The van der Waals surface area contributed by atoms with Crippen LogP contribution < -0.4 is 5.32 Å². The topological polar surface area (TPSA) is 15.3 Å². The summed E-state index contributed by atoms with van der Waals surface area (Å²) in [5.41, 5.74) is 0.926. The summed E-state index contributed by atoms with van der Waals surface area (Å²) in [4.78, 5) is 2.40. The summed E-state index contributed by atoms with van der Waals surface area (Å²) < 4.78 is 0. The van der Waals surface area contributed by atoms with Gasteiger partial charge in [0, 0.05) is 12.1 Å². The number of likely N-dealkylation sites (N-methyl/N-ethyl adjacent to an activating group) is 1. The van der Waals surface area contributed by atoms with E-state index in [1.54, 1.807) is 0 Å². The molecule has 0 amide bonds. The Balaban J connectivity index is 2.19. The molecule has 90 valence electrons. The first-order valence-corrected chi connectivity index (χ1v) is 6.24. The van der Waals surface area contributed by atoms with Crippen LogP contribution in [0.15, 0.2) is 0 Å². The van der Waals surface area contributed by atoms with E-state index in [4.69, 9.17) is 0 Å². The fourth-order valence-corrected chi connectivity index (χ4v) is 2.15. The van der Waals surface area contributed by atoms with E-state index >= 15 is 0 Å². The summed E-state index contributed by atoms with van der Waals surface area (Å²) in [7, 11) is 4.43. The second-order valence-corrected chi connectivity index (χ2v) is 6.46. The summed E-state index contributed by atoms with van der Waals surface area (Å²) in [6.07, 6.45) is 5.39. The van der Waals surface area contributed by atoms with Crippen LogP contribution in [0, 0.1) is 5.41 Å². The van der Waals surface area contributed by atoms with Gasteiger partial charge in [-0.25, -0.2) is 0 Å². The zero-order valence-electron chi connectivity index (χ0n) is 11.2. The number of hydrogen-bond acceptors (Lipinski definition) is 2. The van der Waals surface area contributed by atoms with Crippen molar-refractivity contribution in [2.75, 3.05) is 27.2 Å². The van der Waals surface area contributed by atoms with Crippen molar-refractivity contribution in [2.45, 2.75) is 52.0 Å². The smallest absolute Gasteiger partial charge is 0.0327 e. The van der Waals surface area contributed by atoms with Crippen LogP contribution in [0.3, 0.4) is 0 Å². The van der Waals surface area contributed by atoms with E-state index in [2.05, 4.69) is 45.1 Å². The molecule has 0 heterocycles. The zero-order chi connectivity index (χ0) is 11.5. The predicted molar refractivity (Wildman–Crippen MR) is 67.2 cm³/mol. The van der Waals surface area contributed by atoms with Crippen LogP contribution in [0.1, 0.15) is 46.5 Å². The molecule has 15 heavy (non-hydrogen) atoms. The molecule has 1 aliphatic rings. The molecular formula is C13H28N2. The zero-order valence-corrected chi connectivity index (χ0v) is 11.2. The Morgan fingerprint density at radius 1 is 1.20 bits per heavy atom. The van der Waals surface area contributed by atoms with Crippen molar-refractivity contribution in [1.82, 2.24) is 10.2 Å². The molecule has 1 N–H and O–H groups in total. The molecule has 1 rings (SSSR count). The maximum Gasteiger partial charge on any atom is 0.0327 e. The Hall–Kier alpha value is -0.0800. The molecule has 0 bridgehead atoms. The van der Waals surface area contributed by atoms with E-state index in [-0.39, 0.29) is 0 Å². The number of hydrogen-bond donors (Lipinski definition) is 1. The lowest BCUT2D eigenvalue weighted by molar-refractivity contribution is 0.0596. The van der Waals surface area contributed by atoms with Crippen molar-refractivity contribution < 1.29 is 0 Å². The number of rotatable bonds is 5. The van der Waals surface area contributed by atoms with Crippen molar-refractivity contribution >= 4 is 0 Å². The molecule has 0 aromatic heterocycles. The molecule has 1 aliphatic carbocycles. The molecule has 0 saturated heterocycles. The maximum absolute atomic E-state index is 3.62. The Bertz CT molecular complexity index is 187. The molecule has 0 unspecified atom stereocenters. The van der Waals surface area contributed by atoms with E-state index in [0.717, 1.165) is 13.1 Å². The molecule has 0 spiro atoms. The Kier molecular flexibility index (Phi) is 4.19. The van der Waals surface area contributed by atoms with Crippen molar-refractivity contribution in [3.05, 3.63) is 0 Å². The lowest BCUT2D eigenvalue weighted by Gasteiger charge is -2.47. The summed E-state index contributed by atoms with van der Waals surface area (Å²) in [6.45, 7) is 9.23. The van der Waals surface area contributed by atoms with Crippen molar-refractivity contribution in [1.29, 1.82) is 0 Å². The molecule has 1 saturated carbocycles. The first-order chi connectivity index (χ1) is 6.86. The van der Waals surface area contributed by atoms with Gasteiger partial charge in [0.2, 0.25) is 0 Å². The SMILES string of the molecule is CN(C)C1(CNCCC(C)(C)C)CCC1. The van der Waals surface area contributed by atoms with Gasteiger partial charge >= 0.3 is 0 Å². The summed E-state index contributed by atoms with van der Waals surface area (Å²) >= 11 is 0. The van der Waals surface area contributed by atoms with Gasteiger partial charge in [-0.2, -0.15) is 0 Å². The van der Waals surface area contributed by atoms with Crippen LogP contribution in [0.5, 0.6) is 0 Å². The monoisotopic (exact) mass is 212 g/mol.